The summed E-state index contributed by atoms with van der Waals surface area (Å²) in [5.41, 5.74) is 5.32. The summed E-state index contributed by atoms with van der Waals surface area (Å²) in [4.78, 5) is 11.0. The Kier molecular flexibility index (Phi) is 5.47. The number of hydrogen-bond acceptors (Lipinski definition) is 2. The van der Waals surface area contributed by atoms with Crippen LogP contribution in [0.15, 0.2) is 170 Å². The van der Waals surface area contributed by atoms with Crippen molar-refractivity contribution in [1.29, 1.82) is 0 Å². The summed E-state index contributed by atoms with van der Waals surface area (Å²) in [5, 5.41) is 15.4. The van der Waals surface area contributed by atoms with Gasteiger partial charge in [-0.25, -0.2) is 4.98 Å². The summed E-state index contributed by atoms with van der Waals surface area (Å²) in [5.74, 6) is 1.51. The molecule has 0 fully saturated rings. The zero-order chi connectivity index (χ0) is 33.9. The van der Waals surface area contributed by atoms with Crippen LogP contribution >= 0.6 is 0 Å². The van der Waals surface area contributed by atoms with Gasteiger partial charge in [0, 0.05) is 26.9 Å². The molecule has 0 radical (unpaired) electrons. The van der Waals surface area contributed by atoms with E-state index in [4.69, 9.17) is 9.97 Å². The van der Waals surface area contributed by atoms with Crippen LogP contribution < -0.4 is 0 Å². The second-order valence-electron chi connectivity index (χ2n) is 13.9. The van der Waals surface area contributed by atoms with Gasteiger partial charge in [0.2, 0.25) is 5.95 Å². The predicted molar refractivity (Wildman–Crippen MR) is 218 cm³/mol. The fourth-order valence-corrected chi connectivity index (χ4v) is 8.54. The van der Waals surface area contributed by atoms with Crippen LogP contribution in [0.2, 0.25) is 0 Å². The highest BCUT2D eigenvalue weighted by atomic mass is 15.2. The molecule has 0 aliphatic carbocycles. The molecule has 0 aliphatic heterocycles. The largest absolute Gasteiger partial charge is 0.293 e. The van der Waals surface area contributed by atoms with Crippen LogP contribution in [0.25, 0.3) is 109 Å². The third-order valence-electron chi connectivity index (χ3n) is 11.0. The van der Waals surface area contributed by atoms with Gasteiger partial charge in [-0.05, 0) is 104 Å². The Labute approximate surface area is 297 Å². The molecule has 12 aromatic rings. The Balaban J connectivity index is 1.26. The van der Waals surface area contributed by atoms with Crippen LogP contribution in [0.5, 0.6) is 0 Å². The first-order chi connectivity index (χ1) is 25.7. The van der Waals surface area contributed by atoms with Gasteiger partial charge in [-0.15, -0.1) is 0 Å². The minimum absolute atomic E-state index is 0.649. The van der Waals surface area contributed by atoms with Crippen molar-refractivity contribution in [2.75, 3.05) is 0 Å². The van der Waals surface area contributed by atoms with Gasteiger partial charge in [0.25, 0.3) is 0 Å². The van der Waals surface area contributed by atoms with Crippen molar-refractivity contribution >= 4 is 97.6 Å². The first kappa shape index (κ1) is 27.7. The Bertz CT molecular complexity index is 3290. The molecule has 0 aliphatic rings. The molecular formula is C48H28N4. The quantitative estimate of drug-likeness (QED) is 0.185. The van der Waals surface area contributed by atoms with Crippen LogP contribution in [0, 0.1) is 0 Å². The second-order valence-corrected chi connectivity index (χ2v) is 13.9. The van der Waals surface area contributed by atoms with Crippen LogP contribution in [-0.4, -0.2) is 19.1 Å². The van der Waals surface area contributed by atoms with Gasteiger partial charge in [0.05, 0.1) is 27.6 Å². The minimum atomic E-state index is 0.649. The monoisotopic (exact) mass is 660 g/mol. The number of hydrogen-bond donors (Lipinski definition) is 0. The molecule has 0 saturated heterocycles. The van der Waals surface area contributed by atoms with E-state index in [1.807, 2.05) is 0 Å². The predicted octanol–water partition coefficient (Wildman–Crippen LogP) is 12.4. The lowest BCUT2D eigenvalue weighted by Crippen LogP contribution is -2.07. The zero-order valence-electron chi connectivity index (χ0n) is 28.0. The van der Waals surface area contributed by atoms with Crippen molar-refractivity contribution in [3.05, 3.63) is 170 Å². The fraction of sp³-hybridized carbons (Fsp3) is 0. The highest BCUT2D eigenvalue weighted by Gasteiger charge is 2.22. The van der Waals surface area contributed by atoms with Gasteiger partial charge in [0.15, 0.2) is 5.82 Å². The topological polar surface area (TPSA) is 35.6 Å². The van der Waals surface area contributed by atoms with Crippen molar-refractivity contribution < 1.29 is 0 Å². The Morgan fingerprint density at radius 1 is 0.288 bits per heavy atom. The number of nitrogens with zero attached hydrogens (tertiary/aromatic N) is 4. The molecule has 3 aromatic heterocycles. The van der Waals surface area contributed by atoms with Crippen LogP contribution in [0.1, 0.15) is 0 Å². The van der Waals surface area contributed by atoms with E-state index >= 15 is 0 Å². The van der Waals surface area contributed by atoms with E-state index < -0.39 is 0 Å². The fourth-order valence-electron chi connectivity index (χ4n) is 8.54. The van der Waals surface area contributed by atoms with Gasteiger partial charge in [-0.1, -0.05) is 109 Å². The highest BCUT2D eigenvalue weighted by Crippen LogP contribution is 2.40. The Morgan fingerprint density at radius 2 is 0.615 bits per heavy atom. The lowest BCUT2D eigenvalue weighted by Gasteiger charge is -2.14. The van der Waals surface area contributed by atoms with E-state index in [-0.39, 0.29) is 0 Å². The van der Waals surface area contributed by atoms with Crippen molar-refractivity contribution in [2.24, 2.45) is 0 Å². The molecule has 240 valence electrons. The van der Waals surface area contributed by atoms with Gasteiger partial charge in [-0.3, -0.25) is 9.13 Å². The SMILES string of the molecule is c1ccc2cc3c(cc2c1)c1cc2ccccc2cc1n3-c1nc(-n2c3cc4ccccc4cc3c3cc4ccccc4cc32)c2ccccc2n1. The van der Waals surface area contributed by atoms with Gasteiger partial charge in [0.1, 0.15) is 0 Å². The average molecular weight is 661 g/mol. The van der Waals surface area contributed by atoms with Gasteiger partial charge >= 0.3 is 0 Å². The first-order valence-electron chi connectivity index (χ1n) is 17.7. The molecule has 0 bridgehead atoms. The van der Waals surface area contributed by atoms with E-state index in [1.165, 1.54) is 64.6 Å². The summed E-state index contributed by atoms with van der Waals surface area (Å²) >= 11 is 0. The maximum absolute atomic E-state index is 5.62. The maximum Gasteiger partial charge on any atom is 0.237 e. The van der Waals surface area contributed by atoms with E-state index in [9.17, 15) is 0 Å². The number of benzene rings is 9. The lowest BCUT2D eigenvalue weighted by molar-refractivity contribution is 0.973. The molecule has 0 unspecified atom stereocenters. The first-order valence-corrected chi connectivity index (χ1v) is 17.7. The Morgan fingerprint density at radius 3 is 1.02 bits per heavy atom. The van der Waals surface area contributed by atoms with Crippen molar-refractivity contribution in [3.8, 4) is 11.8 Å². The molecule has 4 nitrogen and oxygen atoms in total. The van der Waals surface area contributed by atoms with E-state index in [0.29, 0.717) is 5.95 Å². The van der Waals surface area contributed by atoms with Crippen LogP contribution in [0.3, 0.4) is 0 Å². The summed E-state index contributed by atoms with van der Waals surface area (Å²) in [6, 6.07) is 61.5. The molecule has 4 heteroatoms. The van der Waals surface area contributed by atoms with Crippen LogP contribution in [0.4, 0.5) is 0 Å². The summed E-state index contributed by atoms with van der Waals surface area (Å²) in [6.45, 7) is 0. The molecule has 0 atom stereocenters. The summed E-state index contributed by atoms with van der Waals surface area (Å²) in [7, 11) is 0. The van der Waals surface area contributed by atoms with E-state index in [0.717, 1.165) is 38.8 Å². The zero-order valence-corrected chi connectivity index (χ0v) is 28.0. The molecule has 0 spiro atoms. The number of fused-ring (bicyclic) bond motifs is 11. The van der Waals surface area contributed by atoms with Crippen molar-refractivity contribution in [1.82, 2.24) is 19.1 Å². The number of para-hydroxylation sites is 1. The molecule has 52 heavy (non-hydrogen) atoms. The van der Waals surface area contributed by atoms with Gasteiger partial charge < -0.3 is 0 Å². The molecular weight excluding hydrogens is 633 g/mol. The highest BCUT2D eigenvalue weighted by molar-refractivity contribution is 6.18. The molecule has 12 rings (SSSR count). The summed E-state index contributed by atoms with van der Waals surface area (Å²) < 4.78 is 4.65. The standard InChI is InChI=1S/C48H28N4/c1-5-15-33-25-43-38(21-29(33)11-1)39-22-30-12-2-6-16-34(30)26-44(39)51(43)47-37-19-9-10-20-42(37)49-48(50-47)52-45-27-35-17-7-3-13-31(35)23-40(45)41-24-32-14-4-8-18-36(32)28-46(41)52/h1-28H. The van der Waals surface area contributed by atoms with E-state index in [1.54, 1.807) is 0 Å². The maximum atomic E-state index is 5.62. The van der Waals surface area contributed by atoms with Gasteiger partial charge in [-0.2, -0.15) is 4.98 Å². The molecule has 0 N–H and O–H groups in total. The number of rotatable bonds is 2. The lowest BCUT2D eigenvalue weighted by atomic mass is 10.0. The third kappa shape index (κ3) is 3.86. The van der Waals surface area contributed by atoms with Crippen molar-refractivity contribution in [3.63, 3.8) is 0 Å². The summed E-state index contributed by atoms with van der Waals surface area (Å²) in [6.07, 6.45) is 0. The minimum Gasteiger partial charge on any atom is -0.293 e. The second kappa shape index (κ2) is 10.3. The third-order valence-corrected chi connectivity index (χ3v) is 11.0. The molecule has 0 amide bonds. The van der Waals surface area contributed by atoms with Crippen molar-refractivity contribution in [2.45, 2.75) is 0 Å². The molecule has 0 saturated carbocycles. The van der Waals surface area contributed by atoms with E-state index in [2.05, 4.69) is 179 Å². The smallest absolute Gasteiger partial charge is 0.237 e. The Hall–Kier alpha value is -7.04. The van der Waals surface area contributed by atoms with Crippen LogP contribution in [-0.2, 0) is 0 Å². The average Bonchev–Trinajstić information content (AvgIpc) is 3.66. The number of aromatic nitrogens is 4. The molecule has 9 aromatic carbocycles. The molecule has 3 heterocycles. The normalized spacial score (nSPS) is 12.2.